The molecule has 1 heterocycles. The van der Waals surface area contributed by atoms with Crippen LogP contribution in [0.2, 0.25) is 5.02 Å². The number of hydrogen-bond acceptors (Lipinski definition) is 5. The Labute approximate surface area is 133 Å². The zero-order valence-electron chi connectivity index (χ0n) is 12.0. The minimum Gasteiger partial charge on any atom is -0.489 e. The molecule has 1 aromatic heterocycles. The Morgan fingerprint density at radius 3 is 2.86 bits per heavy atom. The van der Waals surface area contributed by atoms with E-state index in [9.17, 15) is 5.11 Å². The van der Waals surface area contributed by atoms with Crippen molar-refractivity contribution in [3.8, 4) is 5.75 Å². The predicted molar refractivity (Wildman–Crippen MR) is 86.1 cm³/mol. The molecular weight excluding hydrogens is 308 g/mol. The van der Waals surface area contributed by atoms with Gasteiger partial charge in [0, 0.05) is 18.1 Å². The van der Waals surface area contributed by atoms with E-state index in [4.69, 9.17) is 16.3 Å². The van der Waals surface area contributed by atoms with E-state index in [1.165, 1.54) is 0 Å². The molecule has 4 nitrogen and oxygen atoms in total. The van der Waals surface area contributed by atoms with Gasteiger partial charge < -0.3 is 15.2 Å². The number of rotatable bonds is 7. The van der Waals surface area contributed by atoms with Crippen molar-refractivity contribution >= 4 is 22.9 Å². The quantitative estimate of drug-likeness (QED) is 0.821. The molecule has 0 aliphatic carbocycles. The number of aromatic nitrogens is 1. The molecule has 2 aromatic rings. The summed E-state index contributed by atoms with van der Waals surface area (Å²) in [5.41, 5.74) is -0.278. The maximum Gasteiger partial charge on any atom is 0.138 e. The van der Waals surface area contributed by atoms with Crippen LogP contribution in [0.15, 0.2) is 35.8 Å². The average Bonchev–Trinajstić information content (AvgIpc) is 2.99. The first-order chi connectivity index (χ1) is 9.99. The number of thiazole rings is 1. The predicted octanol–water partition coefficient (Wildman–Crippen LogP) is 3.06. The summed E-state index contributed by atoms with van der Waals surface area (Å²) in [6.45, 7) is 4.67. The molecule has 0 aliphatic heterocycles. The molecule has 0 fully saturated rings. The number of aliphatic hydroxyl groups excluding tert-OH is 1. The summed E-state index contributed by atoms with van der Waals surface area (Å²) in [6.07, 6.45) is 1.15. The number of ether oxygens (including phenoxy) is 1. The van der Waals surface area contributed by atoms with E-state index in [1.54, 1.807) is 29.7 Å². The molecule has 1 atom stereocenters. The first kappa shape index (κ1) is 16.2. The number of aliphatic hydroxyl groups is 1. The van der Waals surface area contributed by atoms with E-state index in [0.717, 1.165) is 5.01 Å². The molecule has 2 N–H and O–H groups in total. The Morgan fingerprint density at radius 2 is 2.19 bits per heavy atom. The molecule has 1 unspecified atom stereocenters. The lowest BCUT2D eigenvalue weighted by molar-refractivity contribution is 0.0988. The van der Waals surface area contributed by atoms with Crippen molar-refractivity contribution < 1.29 is 9.84 Å². The highest BCUT2D eigenvalue weighted by molar-refractivity contribution is 7.09. The topological polar surface area (TPSA) is 54.4 Å². The smallest absolute Gasteiger partial charge is 0.138 e. The van der Waals surface area contributed by atoms with Crippen molar-refractivity contribution in [3.05, 3.63) is 45.9 Å². The van der Waals surface area contributed by atoms with E-state index in [0.29, 0.717) is 17.3 Å². The molecule has 0 saturated heterocycles. The summed E-state index contributed by atoms with van der Waals surface area (Å²) in [7, 11) is 0. The third kappa shape index (κ3) is 4.68. The summed E-state index contributed by atoms with van der Waals surface area (Å²) in [5, 5.41) is 16.8. The fraction of sp³-hybridized carbons (Fsp3) is 0.400. The van der Waals surface area contributed by atoms with E-state index in [-0.39, 0.29) is 12.1 Å². The van der Waals surface area contributed by atoms with Crippen LogP contribution >= 0.6 is 22.9 Å². The van der Waals surface area contributed by atoms with Gasteiger partial charge in [-0.15, -0.1) is 11.3 Å². The SMILES string of the molecule is CC(C)(NCC(O)COc1ccccc1Cl)c1nccs1. The fourth-order valence-corrected chi connectivity index (χ4v) is 2.72. The number of nitrogens with zero attached hydrogens (tertiary/aromatic N) is 1. The van der Waals surface area contributed by atoms with Crippen LogP contribution in [0.5, 0.6) is 5.75 Å². The van der Waals surface area contributed by atoms with Crippen LogP contribution < -0.4 is 10.1 Å². The average molecular weight is 327 g/mol. The standard InChI is InChI=1S/C15H19ClN2O2S/c1-15(2,14-17-7-8-21-14)18-9-11(19)10-20-13-6-4-3-5-12(13)16/h3-8,11,18-19H,9-10H2,1-2H3. The van der Waals surface area contributed by atoms with Gasteiger partial charge in [-0.1, -0.05) is 23.7 Å². The third-order valence-electron chi connectivity index (χ3n) is 3.01. The number of halogens is 1. The molecule has 114 valence electrons. The van der Waals surface area contributed by atoms with Crippen LogP contribution in [-0.2, 0) is 5.54 Å². The van der Waals surface area contributed by atoms with Gasteiger partial charge in [0.1, 0.15) is 23.5 Å². The Kier molecular flexibility index (Phi) is 5.58. The highest BCUT2D eigenvalue weighted by Crippen LogP contribution is 2.24. The van der Waals surface area contributed by atoms with Crippen LogP contribution in [0.1, 0.15) is 18.9 Å². The second kappa shape index (κ2) is 7.22. The minimum absolute atomic E-state index is 0.185. The van der Waals surface area contributed by atoms with Crippen molar-refractivity contribution in [2.75, 3.05) is 13.2 Å². The summed E-state index contributed by atoms with van der Waals surface area (Å²) in [4.78, 5) is 4.30. The molecule has 6 heteroatoms. The van der Waals surface area contributed by atoms with Gasteiger partial charge in [-0.25, -0.2) is 4.98 Å². The lowest BCUT2D eigenvalue weighted by atomic mass is 10.1. The molecule has 0 saturated carbocycles. The van der Waals surface area contributed by atoms with Crippen LogP contribution in [0.4, 0.5) is 0 Å². The van der Waals surface area contributed by atoms with Gasteiger partial charge in [0.15, 0.2) is 0 Å². The zero-order valence-corrected chi connectivity index (χ0v) is 13.6. The molecule has 0 aliphatic rings. The number of para-hydroxylation sites is 1. The Hall–Kier alpha value is -1.14. The van der Waals surface area contributed by atoms with E-state index in [1.807, 2.05) is 31.4 Å². The highest BCUT2D eigenvalue weighted by Gasteiger charge is 2.23. The maximum atomic E-state index is 10.0. The number of nitrogens with one attached hydrogen (secondary N) is 1. The minimum atomic E-state index is -0.625. The van der Waals surface area contributed by atoms with Crippen LogP contribution in [0.25, 0.3) is 0 Å². The van der Waals surface area contributed by atoms with Crippen molar-refractivity contribution in [1.29, 1.82) is 0 Å². The monoisotopic (exact) mass is 326 g/mol. The van der Waals surface area contributed by atoms with E-state index < -0.39 is 6.10 Å². The molecule has 0 radical (unpaired) electrons. The van der Waals surface area contributed by atoms with Crippen molar-refractivity contribution in [2.24, 2.45) is 0 Å². The van der Waals surface area contributed by atoms with Gasteiger partial charge in [-0.05, 0) is 26.0 Å². The molecule has 0 bridgehead atoms. The second-order valence-electron chi connectivity index (χ2n) is 5.24. The third-order valence-corrected chi connectivity index (χ3v) is 4.42. The fourth-order valence-electron chi connectivity index (χ4n) is 1.79. The normalized spacial score (nSPS) is 13.1. The van der Waals surface area contributed by atoms with Crippen molar-refractivity contribution in [1.82, 2.24) is 10.3 Å². The zero-order chi connectivity index (χ0) is 15.3. The Balaban J connectivity index is 1.80. The summed E-state index contributed by atoms with van der Waals surface area (Å²) >= 11 is 7.59. The molecular formula is C15H19ClN2O2S. The van der Waals surface area contributed by atoms with Gasteiger partial charge in [0.05, 0.1) is 10.6 Å². The molecule has 2 rings (SSSR count). The molecule has 21 heavy (non-hydrogen) atoms. The number of benzene rings is 1. The van der Waals surface area contributed by atoms with E-state index in [2.05, 4.69) is 10.3 Å². The largest absolute Gasteiger partial charge is 0.489 e. The Bertz CT molecular complexity index is 561. The van der Waals surface area contributed by atoms with Gasteiger partial charge in [0.25, 0.3) is 0 Å². The number of hydrogen-bond donors (Lipinski definition) is 2. The molecule has 1 aromatic carbocycles. The van der Waals surface area contributed by atoms with Gasteiger partial charge in [-0.2, -0.15) is 0 Å². The van der Waals surface area contributed by atoms with Gasteiger partial charge >= 0.3 is 0 Å². The van der Waals surface area contributed by atoms with Gasteiger partial charge in [-0.3, -0.25) is 0 Å². The molecule has 0 spiro atoms. The van der Waals surface area contributed by atoms with Crippen LogP contribution in [0, 0.1) is 0 Å². The van der Waals surface area contributed by atoms with Crippen LogP contribution in [-0.4, -0.2) is 29.3 Å². The summed E-state index contributed by atoms with van der Waals surface area (Å²) in [6, 6.07) is 7.22. The first-order valence-corrected chi connectivity index (χ1v) is 7.95. The highest BCUT2D eigenvalue weighted by atomic mass is 35.5. The lowest BCUT2D eigenvalue weighted by Gasteiger charge is -2.25. The lowest BCUT2D eigenvalue weighted by Crippen LogP contribution is -2.42. The van der Waals surface area contributed by atoms with E-state index >= 15 is 0 Å². The summed E-state index contributed by atoms with van der Waals surface area (Å²) < 4.78 is 5.52. The maximum absolute atomic E-state index is 10.0. The Morgan fingerprint density at radius 1 is 1.43 bits per heavy atom. The van der Waals surface area contributed by atoms with Crippen LogP contribution in [0.3, 0.4) is 0 Å². The first-order valence-electron chi connectivity index (χ1n) is 6.69. The second-order valence-corrected chi connectivity index (χ2v) is 6.54. The molecule has 0 amide bonds. The summed E-state index contributed by atoms with van der Waals surface area (Å²) in [5.74, 6) is 0.581. The van der Waals surface area contributed by atoms with Gasteiger partial charge in [0.2, 0.25) is 0 Å². The van der Waals surface area contributed by atoms with Crippen molar-refractivity contribution in [3.63, 3.8) is 0 Å². The van der Waals surface area contributed by atoms with Crippen molar-refractivity contribution in [2.45, 2.75) is 25.5 Å².